The van der Waals surface area contributed by atoms with Crippen molar-refractivity contribution in [2.75, 3.05) is 20.8 Å². The van der Waals surface area contributed by atoms with Crippen LogP contribution in [0.2, 0.25) is 25.7 Å². The van der Waals surface area contributed by atoms with Crippen molar-refractivity contribution in [1.29, 1.82) is 0 Å². The molecule has 0 aliphatic rings. The number of rotatable bonds is 7. The van der Waals surface area contributed by atoms with Gasteiger partial charge in [0.25, 0.3) is 0 Å². The van der Waals surface area contributed by atoms with Crippen LogP contribution in [-0.2, 0) is 18.1 Å². The summed E-state index contributed by atoms with van der Waals surface area (Å²) in [6.07, 6.45) is 0.909. The summed E-state index contributed by atoms with van der Waals surface area (Å²) in [6, 6.07) is 1.15. The Labute approximate surface area is 87.6 Å². The van der Waals surface area contributed by atoms with E-state index in [1.807, 2.05) is 0 Å². The van der Waals surface area contributed by atoms with Gasteiger partial charge in [-0.2, -0.15) is 0 Å². The van der Waals surface area contributed by atoms with Crippen molar-refractivity contribution in [2.45, 2.75) is 32.1 Å². The zero-order valence-electron chi connectivity index (χ0n) is 9.70. The highest BCUT2D eigenvalue weighted by molar-refractivity contribution is 7.48. The van der Waals surface area contributed by atoms with Gasteiger partial charge in [-0.25, -0.2) is 4.57 Å². The topological polar surface area (TPSA) is 44.8 Å². The molecule has 0 spiro atoms. The van der Waals surface area contributed by atoms with Crippen LogP contribution >= 0.6 is 7.82 Å². The Kier molecular flexibility index (Phi) is 6.17. The standard InChI is InChI=1S/C8H21O4PSi/c1-10-13(9,11-2)12-7-6-8-14(3,4)5/h6-8H2,1-5H3. The average Bonchev–Trinajstić information content (AvgIpc) is 2.11. The van der Waals surface area contributed by atoms with Crippen LogP contribution in [0.5, 0.6) is 0 Å². The van der Waals surface area contributed by atoms with Crippen molar-refractivity contribution >= 4 is 15.9 Å². The smallest absolute Gasteiger partial charge is 0.290 e. The fourth-order valence-electron chi connectivity index (χ4n) is 0.959. The summed E-state index contributed by atoms with van der Waals surface area (Å²) in [7, 11) is -1.63. The molecule has 86 valence electrons. The van der Waals surface area contributed by atoms with Gasteiger partial charge in [0.1, 0.15) is 0 Å². The monoisotopic (exact) mass is 240 g/mol. The zero-order chi connectivity index (χ0) is 11.2. The lowest BCUT2D eigenvalue weighted by Crippen LogP contribution is -2.19. The Bertz CT molecular complexity index is 194. The first-order valence-corrected chi connectivity index (χ1v) is 9.86. The van der Waals surface area contributed by atoms with Crippen LogP contribution in [0.25, 0.3) is 0 Å². The summed E-state index contributed by atoms with van der Waals surface area (Å²) in [5.41, 5.74) is 0. The van der Waals surface area contributed by atoms with E-state index in [2.05, 4.69) is 28.7 Å². The molecule has 0 aromatic carbocycles. The quantitative estimate of drug-likeness (QED) is 0.389. The first-order valence-electron chi connectivity index (χ1n) is 4.69. The van der Waals surface area contributed by atoms with Crippen LogP contribution in [-0.4, -0.2) is 28.9 Å². The summed E-state index contributed by atoms with van der Waals surface area (Å²) in [6.45, 7) is 7.31. The predicted molar refractivity (Wildman–Crippen MR) is 60.3 cm³/mol. The number of hydrogen-bond donors (Lipinski definition) is 0. The van der Waals surface area contributed by atoms with Gasteiger partial charge in [0, 0.05) is 22.3 Å². The van der Waals surface area contributed by atoms with E-state index in [1.54, 1.807) is 0 Å². The minimum atomic E-state index is -3.25. The highest BCUT2D eigenvalue weighted by Gasteiger charge is 2.22. The van der Waals surface area contributed by atoms with Crippen LogP contribution in [0, 0.1) is 0 Å². The Morgan fingerprint density at radius 1 is 1.14 bits per heavy atom. The Hall–Kier alpha value is 0.327. The summed E-state index contributed by atoms with van der Waals surface area (Å²) in [4.78, 5) is 0. The summed E-state index contributed by atoms with van der Waals surface area (Å²) < 4.78 is 25.8. The minimum Gasteiger partial charge on any atom is -0.290 e. The minimum absolute atomic E-state index is 0.434. The molecule has 0 atom stereocenters. The molecule has 0 saturated heterocycles. The van der Waals surface area contributed by atoms with E-state index >= 15 is 0 Å². The van der Waals surface area contributed by atoms with Gasteiger partial charge in [0.2, 0.25) is 0 Å². The number of hydrogen-bond acceptors (Lipinski definition) is 4. The molecule has 0 aromatic rings. The molecule has 0 aliphatic heterocycles. The van der Waals surface area contributed by atoms with Crippen molar-refractivity contribution in [3.63, 3.8) is 0 Å². The van der Waals surface area contributed by atoms with Gasteiger partial charge in [-0.3, -0.25) is 13.6 Å². The SMILES string of the molecule is COP(=O)(OC)OCCC[Si](C)(C)C. The Morgan fingerprint density at radius 3 is 2.00 bits per heavy atom. The van der Waals surface area contributed by atoms with Gasteiger partial charge >= 0.3 is 7.82 Å². The maximum atomic E-state index is 11.4. The third-order valence-electron chi connectivity index (χ3n) is 1.77. The van der Waals surface area contributed by atoms with Crippen molar-refractivity contribution in [2.24, 2.45) is 0 Å². The van der Waals surface area contributed by atoms with Crippen molar-refractivity contribution in [3.05, 3.63) is 0 Å². The molecule has 0 amide bonds. The second-order valence-electron chi connectivity index (χ2n) is 4.31. The summed E-state index contributed by atoms with van der Waals surface area (Å²) >= 11 is 0. The van der Waals surface area contributed by atoms with Crippen molar-refractivity contribution in [3.8, 4) is 0 Å². The Balaban J connectivity index is 3.69. The maximum Gasteiger partial charge on any atom is 0.474 e. The first kappa shape index (κ1) is 14.3. The van der Waals surface area contributed by atoms with Crippen molar-refractivity contribution < 1.29 is 18.1 Å². The lowest BCUT2D eigenvalue weighted by Gasteiger charge is -2.17. The van der Waals surface area contributed by atoms with Crippen LogP contribution < -0.4 is 0 Å². The fourth-order valence-corrected chi connectivity index (χ4v) is 2.88. The average molecular weight is 240 g/mol. The van der Waals surface area contributed by atoms with Gasteiger partial charge in [-0.05, 0) is 6.42 Å². The molecule has 6 heteroatoms. The van der Waals surface area contributed by atoms with E-state index in [4.69, 9.17) is 4.52 Å². The second kappa shape index (κ2) is 6.03. The Morgan fingerprint density at radius 2 is 1.64 bits per heavy atom. The highest BCUT2D eigenvalue weighted by atomic mass is 31.2. The molecule has 0 N–H and O–H groups in total. The number of phosphoric ester groups is 1. The predicted octanol–water partition coefficient (Wildman–Crippen LogP) is 3.13. The van der Waals surface area contributed by atoms with Gasteiger partial charge in [0.15, 0.2) is 0 Å². The van der Waals surface area contributed by atoms with E-state index in [0.717, 1.165) is 12.5 Å². The molecule has 0 rings (SSSR count). The van der Waals surface area contributed by atoms with Crippen LogP contribution in [0.1, 0.15) is 6.42 Å². The number of phosphoric acid groups is 1. The summed E-state index contributed by atoms with van der Waals surface area (Å²) in [5, 5.41) is 0. The van der Waals surface area contributed by atoms with E-state index in [-0.39, 0.29) is 0 Å². The molecule has 0 radical (unpaired) electrons. The molecule has 0 aliphatic carbocycles. The molecular weight excluding hydrogens is 219 g/mol. The molecular formula is C8H21O4PSi. The molecule has 14 heavy (non-hydrogen) atoms. The molecule has 4 nitrogen and oxygen atoms in total. The van der Waals surface area contributed by atoms with Gasteiger partial charge in [-0.1, -0.05) is 25.7 Å². The zero-order valence-corrected chi connectivity index (χ0v) is 11.6. The van der Waals surface area contributed by atoms with Gasteiger partial charge in [0.05, 0.1) is 6.61 Å². The van der Waals surface area contributed by atoms with Crippen LogP contribution in [0.4, 0.5) is 0 Å². The summed E-state index contributed by atoms with van der Waals surface area (Å²) in [5.74, 6) is 0. The third kappa shape index (κ3) is 6.73. The normalized spacial score (nSPS) is 13.2. The van der Waals surface area contributed by atoms with E-state index in [9.17, 15) is 4.57 Å². The lowest BCUT2D eigenvalue weighted by molar-refractivity contribution is 0.152. The largest absolute Gasteiger partial charge is 0.474 e. The molecule has 0 fully saturated rings. The molecule has 0 saturated carbocycles. The molecule has 0 aromatic heterocycles. The van der Waals surface area contributed by atoms with Crippen molar-refractivity contribution in [1.82, 2.24) is 0 Å². The van der Waals surface area contributed by atoms with E-state index < -0.39 is 15.9 Å². The highest BCUT2D eigenvalue weighted by Crippen LogP contribution is 2.47. The fraction of sp³-hybridized carbons (Fsp3) is 1.00. The maximum absolute atomic E-state index is 11.4. The lowest BCUT2D eigenvalue weighted by atomic mass is 10.5. The van der Waals surface area contributed by atoms with Gasteiger partial charge < -0.3 is 0 Å². The van der Waals surface area contributed by atoms with E-state index in [0.29, 0.717) is 6.61 Å². The van der Waals surface area contributed by atoms with Crippen LogP contribution in [0.3, 0.4) is 0 Å². The van der Waals surface area contributed by atoms with E-state index in [1.165, 1.54) is 14.2 Å². The second-order valence-corrected chi connectivity index (χ2v) is 11.8. The molecule has 0 bridgehead atoms. The van der Waals surface area contributed by atoms with Crippen LogP contribution in [0.15, 0.2) is 0 Å². The van der Waals surface area contributed by atoms with Gasteiger partial charge in [-0.15, -0.1) is 0 Å². The third-order valence-corrected chi connectivity index (χ3v) is 5.01. The molecule has 0 unspecified atom stereocenters. The first-order chi connectivity index (χ1) is 6.33. The molecule has 0 heterocycles.